The topological polar surface area (TPSA) is 80.3 Å². The molecule has 2 rings (SSSR count). The molecule has 0 radical (unpaired) electrons. The monoisotopic (exact) mass is 397 g/mol. The number of halogens is 3. The van der Waals surface area contributed by atoms with Gasteiger partial charge < -0.3 is 0 Å². The van der Waals surface area contributed by atoms with Crippen molar-refractivity contribution in [2.45, 2.75) is 10.6 Å². The van der Waals surface area contributed by atoms with Gasteiger partial charge in [0.2, 0.25) is 0 Å². The molecule has 1 N–H and O–H groups in total. The minimum atomic E-state index is -4.27. The molecule has 0 saturated heterocycles. The summed E-state index contributed by atoms with van der Waals surface area (Å²) in [4.78, 5) is -0.612. The largest absolute Gasteiger partial charge is 0.279 e. The van der Waals surface area contributed by atoms with Gasteiger partial charge in [0.15, 0.2) is 0 Å². The number of thiol groups is 1. The average molecular weight is 398 g/mol. The summed E-state index contributed by atoms with van der Waals surface area (Å²) in [5.41, 5.74) is 0.162. The van der Waals surface area contributed by atoms with Gasteiger partial charge in [0, 0.05) is 10.0 Å². The SMILES string of the molecule is O=[SH](=O)Cc1ccc(Cl)cc1NS(=O)(=O)c1ccc(Cl)cc1F. The smallest absolute Gasteiger partial charge is 0.264 e. The van der Waals surface area contributed by atoms with Gasteiger partial charge in [-0.15, -0.1) is 0 Å². The molecule has 0 fully saturated rings. The first kappa shape index (κ1) is 18.0. The van der Waals surface area contributed by atoms with Crippen LogP contribution in [0.15, 0.2) is 41.3 Å². The minimum absolute atomic E-state index is 0.0361. The van der Waals surface area contributed by atoms with Crippen molar-refractivity contribution in [2.75, 3.05) is 4.72 Å². The Morgan fingerprint density at radius 1 is 1.04 bits per heavy atom. The summed E-state index contributed by atoms with van der Waals surface area (Å²) < 4.78 is 62.3. The van der Waals surface area contributed by atoms with Crippen LogP contribution in [0, 0.1) is 5.82 Å². The van der Waals surface area contributed by atoms with Crippen LogP contribution in [0.25, 0.3) is 0 Å². The van der Waals surface area contributed by atoms with Crippen molar-refractivity contribution in [3.8, 4) is 0 Å². The van der Waals surface area contributed by atoms with Crippen LogP contribution >= 0.6 is 23.2 Å². The summed E-state index contributed by atoms with van der Waals surface area (Å²) >= 11 is 11.4. The van der Waals surface area contributed by atoms with E-state index in [-0.39, 0.29) is 27.0 Å². The van der Waals surface area contributed by atoms with E-state index in [9.17, 15) is 21.2 Å². The maximum Gasteiger partial charge on any atom is 0.264 e. The summed E-state index contributed by atoms with van der Waals surface area (Å²) in [5.74, 6) is -1.41. The Balaban J connectivity index is 2.46. The Labute approximate surface area is 144 Å². The molecule has 0 heterocycles. The van der Waals surface area contributed by atoms with E-state index in [1.54, 1.807) is 0 Å². The first-order chi connectivity index (χ1) is 10.7. The molecule has 124 valence electrons. The molecular formula is C13H10Cl2FNO4S2. The van der Waals surface area contributed by atoms with Crippen LogP contribution < -0.4 is 4.72 Å². The molecule has 0 unspecified atom stereocenters. The maximum atomic E-state index is 13.8. The second-order valence-electron chi connectivity index (χ2n) is 4.47. The van der Waals surface area contributed by atoms with E-state index in [2.05, 4.69) is 4.72 Å². The summed E-state index contributed by atoms with van der Waals surface area (Å²) in [6, 6.07) is 7.16. The zero-order valence-electron chi connectivity index (χ0n) is 11.3. The van der Waals surface area contributed by atoms with Gasteiger partial charge in [0.1, 0.15) is 21.4 Å². The van der Waals surface area contributed by atoms with Crippen molar-refractivity contribution in [3.63, 3.8) is 0 Å². The quantitative estimate of drug-likeness (QED) is 0.759. The van der Waals surface area contributed by atoms with Gasteiger partial charge in [-0.2, -0.15) is 0 Å². The number of benzene rings is 2. The Hall–Kier alpha value is -1.35. The fraction of sp³-hybridized carbons (Fsp3) is 0.0769. The van der Waals surface area contributed by atoms with Crippen LogP contribution in [0.1, 0.15) is 5.56 Å². The summed E-state index contributed by atoms with van der Waals surface area (Å²) in [7, 11) is -7.05. The van der Waals surface area contributed by atoms with E-state index in [4.69, 9.17) is 23.2 Å². The van der Waals surface area contributed by atoms with Crippen LogP contribution in [0.4, 0.5) is 10.1 Å². The summed E-state index contributed by atoms with van der Waals surface area (Å²) in [5, 5.41) is 0.248. The van der Waals surface area contributed by atoms with Gasteiger partial charge in [0.25, 0.3) is 10.0 Å². The summed E-state index contributed by atoms with van der Waals surface area (Å²) in [6.07, 6.45) is 0. The van der Waals surface area contributed by atoms with Crippen molar-refractivity contribution in [1.82, 2.24) is 0 Å². The second kappa shape index (κ2) is 7.04. The Kier molecular flexibility index (Phi) is 5.51. The molecule has 0 atom stereocenters. The van der Waals surface area contributed by atoms with Crippen molar-refractivity contribution in [2.24, 2.45) is 0 Å². The average Bonchev–Trinajstić information content (AvgIpc) is 2.40. The second-order valence-corrected chi connectivity index (χ2v) is 7.98. The zero-order chi connectivity index (χ0) is 17.2. The standard InChI is InChI=1S/C13H10Cl2FNO4S2/c14-9-3-4-13(11(16)5-9)23(20,21)17-12-6-10(15)2-1-8(12)7-22(18)19/h1-6,17,22H,7H2. The number of hydrogen-bond acceptors (Lipinski definition) is 4. The van der Waals surface area contributed by atoms with Crippen LogP contribution in [0.5, 0.6) is 0 Å². The first-order valence-electron chi connectivity index (χ1n) is 6.07. The molecule has 23 heavy (non-hydrogen) atoms. The Morgan fingerprint density at radius 2 is 1.65 bits per heavy atom. The lowest BCUT2D eigenvalue weighted by atomic mass is 10.2. The molecule has 0 aliphatic rings. The summed E-state index contributed by atoms with van der Waals surface area (Å²) in [6.45, 7) is 0. The van der Waals surface area contributed by atoms with Crippen molar-refractivity contribution < 1.29 is 21.2 Å². The van der Waals surface area contributed by atoms with Gasteiger partial charge in [0.05, 0.1) is 11.4 Å². The number of hydrogen-bond donors (Lipinski definition) is 2. The van der Waals surface area contributed by atoms with E-state index in [1.807, 2.05) is 0 Å². The van der Waals surface area contributed by atoms with Crippen LogP contribution in [-0.2, 0) is 26.5 Å². The fourth-order valence-electron chi connectivity index (χ4n) is 1.81. The highest BCUT2D eigenvalue weighted by molar-refractivity contribution is 7.92. The lowest BCUT2D eigenvalue weighted by Gasteiger charge is -2.12. The van der Waals surface area contributed by atoms with E-state index in [1.165, 1.54) is 24.3 Å². The van der Waals surface area contributed by atoms with Gasteiger partial charge >= 0.3 is 0 Å². The number of anilines is 1. The van der Waals surface area contributed by atoms with Gasteiger partial charge in [-0.1, -0.05) is 29.3 Å². The molecule has 0 spiro atoms. The predicted octanol–water partition coefficient (Wildman–Crippen LogP) is 3.04. The molecule has 0 saturated carbocycles. The van der Waals surface area contributed by atoms with Gasteiger partial charge in [-0.25, -0.2) is 21.2 Å². The zero-order valence-corrected chi connectivity index (χ0v) is 14.5. The van der Waals surface area contributed by atoms with E-state index in [0.717, 1.165) is 12.1 Å². The Morgan fingerprint density at radius 3 is 2.26 bits per heavy atom. The number of sulfonamides is 1. The number of rotatable bonds is 5. The highest BCUT2D eigenvalue weighted by Crippen LogP contribution is 2.26. The predicted molar refractivity (Wildman–Crippen MR) is 87.7 cm³/mol. The number of nitrogens with one attached hydrogen (secondary N) is 1. The molecule has 2 aromatic rings. The fourth-order valence-corrected chi connectivity index (χ4v) is 3.85. The van der Waals surface area contributed by atoms with Crippen molar-refractivity contribution in [1.29, 1.82) is 0 Å². The molecule has 5 nitrogen and oxygen atoms in total. The third-order valence-corrected chi connectivity index (χ3v) is 5.27. The third kappa shape index (κ3) is 4.57. The molecule has 0 bridgehead atoms. The molecule has 10 heteroatoms. The normalized spacial score (nSPS) is 11.7. The van der Waals surface area contributed by atoms with Gasteiger partial charge in [-0.3, -0.25) is 4.72 Å². The highest BCUT2D eigenvalue weighted by Gasteiger charge is 2.21. The van der Waals surface area contributed by atoms with Crippen LogP contribution in [0.2, 0.25) is 10.0 Å². The third-order valence-electron chi connectivity index (χ3n) is 2.80. The minimum Gasteiger partial charge on any atom is -0.279 e. The van der Waals surface area contributed by atoms with Crippen LogP contribution in [0.3, 0.4) is 0 Å². The maximum absolute atomic E-state index is 13.8. The molecular weight excluding hydrogens is 388 g/mol. The van der Waals surface area contributed by atoms with E-state index in [0.29, 0.717) is 0 Å². The highest BCUT2D eigenvalue weighted by atomic mass is 35.5. The van der Waals surface area contributed by atoms with Crippen LogP contribution in [-0.4, -0.2) is 16.8 Å². The molecule has 0 aliphatic carbocycles. The molecule has 0 aromatic heterocycles. The molecule has 2 aromatic carbocycles. The lowest BCUT2D eigenvalue weighted by molar-refractivity contribution is 0.570. The van der Waals surface area contributed by atoms with Crippen molar-refractivity contribution >= 4 is 49.6 Å². The van der Waals surface area contributed by atoms with Crippen molar-refractivity contribution in [3.05, 3.63) is 57.8 Å². The Bertz CT molecular complexity index is 922. The molecule has 0 aliphatic heterocycles. The van der Waals surface area contributed by atoms with E-state index >= 15 is 0 Å². The lowest BCUT2D eigenvalue weighted by Crippen LogP contribution is -2.16. The van der Waals surface area contributed by atoms with E-state index < -0.39 is 31.4 Å². The molecule has 0 amide bonds. The first-order valence-corrected chi connectivity index (χ1v) is 9.67. The van der Waals surface area contributed by atoms with Gasteiger partial charge in [-0.05, 0) is 35.9 Å².